The van der Waals surface area contributed by atoms with Crippen molar-refractivity contribution in [1.29, 1.82) is 0 Å². The van der Waals surface area contributed by atoms with Crippen molar-refractivity contribution >= 4 is 39.0 Å². The maximum Gasteiger partial charge on any atom is 0.104 e. The minimum absolute atomic E-state index is 0.740. The molecule has 0 unspecified atom stereocenters. The first-order valence-electron chi connectivity index (χ1n) is 7.92. The standard InChI is InChI=1S/C21H15ClN2S/c22-20(17-9-5-2-6-10-17)21-24(18-11-13-23-14-12-18)15-19(25-21)16-7-3-1-4-8-16/h1-15H/b21-20+. The lowest BCUT2D eigenvalue weighted by molar-refractivity contribution is 1.24. The largest absolute Gasteiger partial charge is 0.309 e. The second-order valence-corrected chi connectivity index (χ2v) is 6.93. The van der Waals surface area contributed by atoms with Crippen LogP contribution in [0.1, 0.15) is 11.1 Å². The highest BCUT2D eigenvalue weighted by Crippen LogP contribution is 2.48. The van der Waals surface area contributed by atoms with Crippen LogP contribution in [0.4, 0.5) is 5.69 Å². The lowest BCUT2D eigenvalue weighted by atomic mass is 10.2. The Morgan fingerprint density at radius 2 is 1.48 bits per heavy atom. The molecule has 3 aromatic rings. The molecule has 0 N–H and O–H groups in total. The van der Waals surface area contributed by atoms with Crippen LogP contribution in [0.15, 0.2) is 96.4 Å². The van der Waals surface area contributed by atoms with Gasteiger partial charge in [0.2, 0.25) is 0 Å². The predicted octanol–water partition coefficient (Wildman–Crippen LogP) is 6.20. The van der Waals surface area contributed by atoms with E-state index < -0.39 is 0 Å². The number of nitrogens with zero attached hydrogens (tertiary/aromatic N) is 2. The summed E-state index contributed by atoms with van der Waals surface area (Å²) in [5.41, 5.74) is 3.23. The van der Waals surface area contributed by atoms with Crippen LogP contribution in [0, 0.1) is 0 Å². The van der Waals surface area contributed by atoms with Crippen LogP contribution in [0.5, 0.6) is 0 Å². The topological polar surface area (TPSA) is 16.1 Å². The quantitative estimate of drug-likeness (QED) is 0.552. The molecule has 0 spiro atoms. The Balaban J connectivity index is 1.81. The van der Waals surface area contributed by atoms with Gasteiger partial charge in [0, 0.05) is 29.2 Å². The average Bonchev–Trinajstić information content (AvgIpc) is 3.15. The molecule has 1 aliphatic heterocycles. The number of rotatable bonds is 3. The van der Waals surface area contributed by atoms with Crippen molar-refractivity contribution in [2.24, 2.45) is 0 Å². The maximum absolute atomic E-state index is 6.78. The van der Waals surface area contributed by atoms with Gasteiger partial charge in [0.05, 0.1) is 5.03 Å². The van der Waals surface area contributed by atoms with Gasteiger partial charge in [-0.05, 0) is 23.3 Å². The first-order valence-corrected chi connectivity index (χ1v) is 9.12. The zero-order valence-corrected chi connectivity index (χ0v) is 14.9. The number of aromatic nitrogens is 1. The van der Waals surface area contributed by atoms with Crippen molar-refractivity contribution in [1.82, 2.24) is 4.98 Å². The lowest BCUT2D eigenvalue weighted by Crippen LogP contribution is -2.10. The summed E-state index contributed by atoms with van der Waals surface area (Å²) in [5, 5.41) is 1.74. The van der Waals surface area contributed by atoms with Gasteiger partial charge in [0.15, 0.2) is 0 Å². The zero-order chi connectivity index (χ0) is 17.1. The van der Waals surface area contributed by atoms with E-state index in [-0.39, 0.29) is 0 Å². The van der Waals surface area contributed by atoms with Crippen molar-refractivity contribution in [3.05, 3.63) is 108 Å². The van der Waals surface area contributed by atoms with Gasteiger partial charge in [-0.25, -0.2) is 0 Å². The molecule has 0 amide bonds. The van der Waals surface area contributed by atoms with Gasteiger partial charge < -0.3 is 4.90 Å². The lowest BCUT2D eigenvalue weighted by Gasteiger charge is -2.18. The highest BCUT2D eigenvalue weighted by molar-refractivity contribution is 8.12. The van der Waals surface area contributed by atoms with Gasteiger partial charge >= 0.3 is 0 Å². The molecular formula is C21H15ClN2S. The van der Waals surface area contributed by atoms with E-state index in [1.807, 2.05) is 60.7 Å². The van der Waals surface area contributed by atoms with E-state index in [0.29, 0.717) is 0 Å². The smallest absolute Gasteiger partial charge is 0.104 e. The first kappa shape index (κ1) is 16.0. The van der Waals surface area contributed by atoms with Gasteiger partial charge in [-0.1, -0.05) is 84.0 Å². The normalized spacial score (nSPS) is 15.9. The molecule has 0 fully saturated rings. The third-order valence-electron chi connectivity index (χ3n) is 3.89. The Morgan fingerprint density at radius 1 is 0.840 bits per heavy atom. The fourth-order valence-corrected chi connectivity index (χ4v) is 4.06. The zero-order valence-electron chi connectivity index (χ0n) is 13.3. The van der Waals surface area contributed by atoms with E-state index in [1.54, 1.807) is 24.2 Å². The van der Waals surface area contributed by atoms with E-state index in [9.17, 15) is 0 Å². The highest BCUT2D eigenvalue weighted by Gasteiger charge is 2.25. The number of thioether (sulfide) groups is 1. The monoisotopic (exact) mass is 362 g/mol. The fourth-order valence-electron chi connectivity index (χ4n) is 2.65. The number of hydrogen-bond donors (Lipinski definition) is 0. The fraction of sp³-hybridized carbons (Fsp3) is 0. The van der Waals surface area contributed by atoms with Gasteiger partial charge in [-0.3, -0.25) is 4.98 Å². The van der Waals surface area contributed by atoms with Crippen molar-refractivity contribution in [2.75, 3.05) is 4.90 Å². The van der Waals surface area contributed by atoms with E-state index in [0.717, 1.165) is 21.3 Å². The Bertz CT molecular complexity index is 922. The third kappa shape index (κ3) is 3.34. The molecule has 2 aromatic carbocycles. The number of pyridine rings is 1. The van der Waals surface area contributed by atoms with Crippen LogP contribution in [0.2, 0.25) is 0 Å². The summed E-state index contributed by atoms with van der Waals surface area (Å²) < 4.78 is 0. The summed E-state index contributed by atoms with van der Waals surface area (Å²) in [7, 11) is 0. The molecule has 2 nitrogen and oxygen atoms in total. The minimum Gasteiger partial charge on any atom is -0.309 e. The molecule has 1 aromatic heterocycles. The molecule has 4 heteroatoms. The molecule has 2 heterocycles. The van der Waals surface area contributed by atoms with Gasteiger partial charge in [-0.15, -0.1) is 0 Å². The first-order chi connectivity index (χ1) is 12.3. The van der Waals surface area contributed by atoms with Crippen LogP contribution in [0.3, 0.4) is 0 Å². The summed E-state index contributed by atoms with van der Waals surface area (Å²) >= 11 is 8.46. The summed E-state index contributed by atoms with van der Waals surface area (Å²) in [5.74, 6) is 0. The predicted molar refractivity (Wildman–Crippen MR) is 108 cm³/mol. The summed E-state index contributed by atoms with van der Waals surface area (Å²) in [6, 6.07) is 24.4. The molecule has 0 saturated carbocycles. The molecule has 1 aliphatic rings. The maximum atomic E-state index is 6.78. The SMILES string of the molecule is Cl/C(=C1/SC(c2ccccc2)=CN1c1ccncc1)c1ccccc1. The average molecular weight is 363 g/mol. The van der Waals surface area contributed by atoms with Crippen LogP contribution in [0.25, 0.3) is 9.94 Å². The summed E-state index contributed by atoms with van der Waals surface area (Å²) in [6.07, 6.45) is 5.72. The number of anilines is 1. The molecule has 122 valence electrons. The number of halogens is 1. The van der Waals surface area contributed by atoms with E-state index in [1.165, 1.54) is 10.5 Å². The Kier molecular flexibility index (Phi) is 4.59. The van der Waals surface area contributed by atoms with E-state index in [4.69, 9.17) is 11.6 Å². The minimum atomic E-state index is 0.740. The molecular weight excluding hydrogens is 348 g/mol. The Morgan fingerprint density at radius 3 is 2.16 bits per heavy atom. The van der Waals surface area contributed by atoms with Crippen LogP contribution in [-0.2, 0) is 0 Å². The third-order valence-corrected chi connectivity index (χ3v) is 5.55. The van der Waals surface area contributed by atoms with E-state index >= 15 is 0 Å². The molecule has 0 bridgehead atoms. The van der Waals surface area contributed by atoms with E-state index in [2.05, 4.69) is 28.2 Å². The second-order valence-electron chi connectivity index (χ2n) is 5.52. The molecule has 0 atom stereocenters. The van der Waals surface area contributed by atoms with Crippen molar-refractivity contribution < 1.29 is 0 Å². The van der Waals surface area contributed by atoms with Crippen LogP contribution in [-0.4, -0.2) is 4.98 Å². The van der Waals surface area contributed by atoms with Crippen LogP contribution < -0.4 is 4.90 Å². The highest BCUT2D eigenvalue weighted by atomic mass is 35.5. The van der Waals surface area contributed by atoms with Crippen molar-refractivity contribution in [2.45, 2.75) is 0 Å². The molecule has 0 aliphatic carbocycles. The molecule has 25 heavy (non-hydrogen) atoms. The summed E-state index contributed by atoms with van der Waals surface area (Å²) in [6.45, 7) is 0. The Hall–Kier alpha value is -2.49. The molecule has 0 saturated heterocycles. The van der Waals surface area contributed by atoms with Gasteiger partial charge in [0.1, 0.15) is 5.03 Å². The van der Waals surface area contributed by atoms with Gasteiger partial charge in [0.25, 0.3) is 0 Å². The number of hydrogen-bond acceptors (Lipinski definition) is 3. The number of benzene rings is 2. The van der Waals surface area contributed by atoms with Crippen LogP contribution >= 0.6 is 23.4 Å². The summed E-state index contributed by atoms with van der Waals surface area (Å²) in [4.78, 5) is 7.42. The Labute approximate surface area is 156 Å². The molecule has 0 radical (unpaired) electrons. The van der Waals surface area contributed by atoms with Gasteiger partial charge in [-0.2, -0.15) is 0 Å². The second kappa shape index (κ2) is 7.18. The van der Waals surface area contributed by atoms with Crippen molar-refractivity contribution in [3.63, 3.8) is 0 Å². The molecule has 4 rings (SSSR count). The van der Waals surface area contributed by atoms with Crippen molar-refractivity contribution in [3.8, 4) is 0 Å².